The van der Waals surface area contributed by atoms with Crippen LogP contribution in [0.15, 0.2) is 63.4 Å². The first kappa shape index (κ1) is 28.6. The molecule has 0 atom stereocenters. The van der Waals surface area contributed by atoms with E-state index in [0.717, 1.165) is 53.6 Å². The lowest BCUT2D eigenvalue weighted by molar-refractivity contribution is 0.123. The van der Waals surface area contributed by atoms with Gasteiger partial charge in [0.2, 0.25) is 5.96 Å². The summed E-state index contributed by atoms with van der Waals surface area (Å²) in [5, 5.41) is 0.403. The van der Waals surface area contributed by atoms with Crippen molar-refractivity contribution in [2.75, 3.05) is 44.4 Å². The van der Waals surface area contributed by atoms with E-state index in [1.807, 2.05) is 54.6 Å². The zero-order valence-electron chi connectivity index (χ0n) is 22.6. The number of allylic oxidation sites excluding steroid dienone is 2. The Morgan fingerprint density at radius 3 is 2.45 bits per heavy atom. The highest BCUT2D eigenvalue weighted by Crippen LogP contribution is 2.62. The van der Waals surface area contributed by atoms with E-state index in [0.29, 0.717) is 28.3 Å². The third kappa shape index (κ3) is 6.23. The van der Waals surface area contributed by atoms with Crippen molar-refractivity contribution in [3.8, 4) is 0 Å². The van der Waals surface area contributed by atoms with Crippen LogP contribution >= 0.6 is 21.6 Å². The van der Waals surface area contributed by atoms with Crippen molar-refractivity contribution in [2.24, 2.45) is 15.7 Å². The number of guanidine groups is 1. The number of hydrogen-bond acceptors (Lipinski definition) is 3. The highest BCUT2D eigenvalue weighted by atomic mass is 35.5. The highest BCUT2D eigenvalue weighted by molar-refractivity contribution is 8.33. The van der Waals surface area contributed by atoms with Crippen molar-refractivity contribution in [3.63, 3.8) is 0 Å². The molecular weight excluding hydrogens is 517 g/mol. The van der Waals surface area contributed by atoms with Crippen LogP contribution in [-0.4, -0.2) is 79.0 Å². The Balaban J connectivity index is 1.76. The van der Waals surface area contributed by atoms with Crippen molar-refractivity contribution < 1.29 is 4.39 Å². The van der Waals surface area contributed by atoms with Crippen molar-refractivity contribution in [1.82, 2.24) is 9.80 Å². The third-order valence-corrected chi connectivity index (χ3v) is 12.4. The van der Waals surface area contributed by atoms with Gasteiger partial charge in [-0.2, -0.15) is 0 Å². The van der Waals surface area contributed by atoms with Crippen LogP contribution < -0.4 is 5.73 Å². The number of nitrogens with two attached hydrogens (primary N) is 1. The Bertz CT molecular complexity index is 1210. The maximum Gasteiger partial charge on any atom is 0.225 e. The molecule has 8 heteroatoms. The summed E-state index contributed by atoms with van der Waals surface area (Å²) >= 11 is 6.77. The van der Waals surface area contributed by atoms with E-state index < -0.39 is 15.8 Å². The van der Waals surface area contributed by atoms with E-state index in [9.17, 15) is 0 Å². The monoisotopic (exact) mass is 555 g/mol. The molecule has 2 fully saturated rings. The highest BCUT2D eigenvalue weighted by Gasteiger charge is 2.35. The summed E-state index contributed by atoms with van der Waals surface area (Å²) < 4.78 is 16.4. The van der Waals surface area contributed by atoms with Gasteiger partial charge in [0.1, 0.15) is 5.69 Å². The Morgan fingerprint density at radius 1 is 1.18 bits per heavy atom. The summed E-state index contributed by atoms with van der Waals surface area (Å²) in [5.74, 6) is 2.92. The molecule has 0 saturated carbocycles. The van der Waals surface area contributed by atoms with E-state index in [1.165, 1.54) is 0 Å². The summed E-state index contributed by atoms with van der Waals surface area (Å²) in [5.41, 5.74) is 8.02. The molecule has 2 aromatic rings. The molecule has 2 aromatic carbocycles. The molecule has 4 rings (SSSR count). The fourth-order valence-electron chi connectivity index (χ4n) is 4.99. The summed E-state index contributed by atoms with van der Waals surface area (Å²) in [4.78, 5) is 14.2. The van der Waals surface area contributed by atoms with Crippen molar-refractivity contribution >= 4 is 52.1 Å². The molecule has 2 N–H and O–H groups in total. The molecule has 0 unspecified atom stereocenters. The van der Waals surface area contributed by atoms with Gasteiger partial charge in [0.15, 0.2) is 5.82 Å². The van der Waals surface area contributed by atoms with Gasteiger partial charge < -0.3 is 15.5 Å². The van der Waals surface area contributed by atoms with Gasteiger partial charge >= 0.3 is 0 Å². The standard InChI is InChI=1S/C30H39ClFN5S/c1-5-38(17-15-23(33)16-18-38)27-19-26(31)25(14-10-9-13-22-11-7-6-8-12-22)28(32)29(27)35-30(34-2)37-20-24(21-37)36(3)4/h6-14,19,23-24H,2,5,15-18,20-21,33H2,1,3-4H3/b13-9-,14-10+,35-30+. The zero-order chi connectivity index (χ0) is 27.3. The molecular formula is C30H39ClFN5S. The van der Waals surface area contributed by atoms with Gasteiger partial charge in [-0.05, 0) is 62.5 Å². The normalized spacial score (nSPS) is 24.7. The topological polar surface area (TPSA) is 57.2 Å². The maximum atomic E-state index is 16.4. The summed E-state index contributed by atoms with van der Waals surface area (Å²) in [6.07, 6.45) is 9.26. The first-order valence-corrected chi connectivity index (χ1v) is 15.7. The van der Waals surface area contributed by atoms with Crippen molar-refractivity contribution in [3.05, 3.63) is 70.5 Å². The van der Waals surface area contributed by atoms with Gasteiger partial charge in [-0.25, -0.2) is 24.4 Å². The fourth-order valence-corrected chi connectivity index (χ4v) is 9.26. The Labute approximate surface area is 233 Å². The van der Waals surface area contributed by atoms with Crippen LogP contribution in [0, 0.1) is 5.82 Å². The molecule has 0 spiro atoms. The Kier molecular flexibility index (Phi) is 9.47. The van der Waals surface area contributed by atoms with Crippen molar-refractivity contribution in [2.45, 2.75) is 36.7 Å². The molecule has 204 valence electrons. The zero-order valence-corrected chi connectivity index (χ0v) is 24.2. The van der Waals surface area contributed by atoms with E-state index in [4.69, 9.17) is 22.3 Å². The lowest BCUT2D eigenvalue weighted by atomic mass is 10.1. The maximum absolute atomic E-state index is 16.4. The SMILES string of the molecule is C=N/C(=N\c1c(S2(CC)CCC(N)CC2)cc(Cl)c(/C=C/C=C\c2ccccc2)c1F)N1CC(N(C)C)C1. The molecule has 0 bridgehead atoms. The summed E-state index contributed by atoms with van der Waals surface area (Å²) in [6.45, 7) is 7.52. The first-order valence-electron chi connectivity index (χ1n) is 13.2. The number of rotatable bonds is 7. The van der Waals surface area contributed by atoms with Gasteiger partial charge in [0, 0.05) is 35.6 Å². The van der Waals surface area contributed by atoms with E-state index in [-0.39, 0.29) is 6.04 Å². The molecule has 2 saturated heterocycles. The summed E-state index contributed by atoms with van der Waals surface area (Å²) in [7, 11) is 2.79. The molecule has 0 aliphatic carbocycles. The number of benzene rings is 2. The number of nitrogens with zero attached hydrogens (tertiary/aromatic N) is 4. The van der Waals surface area contributed by atoms with E-state index in [2.05, 4.69) is 42.5 Å². The number of likely N-dealkylation sites (tertiary alicyclic amines) is 1. The van der Waals surface area contributed by atoms with Crippen LogP contribution in [0.5, 0.6) is 0 Å². The summed E-state index contributed by atoms with van der Waals surface area (Å²) in [6, 6.07) is 12.5. The van der Waals surface area contributed by atoms with Gasteiger partial charge in [-0.1, -0.05) is 73.2 Å². The Hall–Kier alpha value is -2.45. The first-order chi connectivity index (χ1) is 18.3. The predicted octanol–water partition coefficient (Wildman–Crippen LogP) is 6.44. The fraction of sp³-hybridized carbons (Fsp3) is 0.400. The minimum absolute atomic E-state index is 0.197. The van der Waals surface area contributed by atoms with Gasteiger partial charge in [-0.3, -0.25) is 0 Å². The lowest BCUT2D eigenvalue weighted by Crippen LogP contribution is -2.58. The van der Waals surface area contributed by atoms with E-state index >= 15 is 4.39 Å². The third-order valence-electron chi connectivity index (χ3n) is 7.66. The van der Waals surface area contributed by atoms with Crippen LogP contribution in [0.25, 0.3) is 12.2 Å². The molecule has 5 nitrogen and oxygen atoms in total. The van der Waals surface area contributed by atoms with Crippen molar-refractivity contribution in [1.29, 1.82) is 0 Å². The minimum atomic E-state index is -1.33. The smallest absolute Gasteiger partial charge is 0.225 e. The Morgan fingerprint density at radius 2 is 1.84 bits per heavy atom. The molecule has 2 aliphatic rings. The predicted molar refractivity (Wildman–Crippen MR) is 165 cm³/mol. The van der Waals surface area contributed by atoms with Crippen LogP contribution in [0.2, 0.25) is 5.02 Å². The average Bonchev–Trinajstić information content (AvgIpc) is 2.89. The van der Waals surface area contributed by atoms with Gasteiger partial charge in [-0.15, -0.1) is 0 Å². The molecule has 38 heavy (non-hydrogen) atoms. The molecule has 0 amide bonds. The molecule has 2 heterocycles. The number of hydrogen-bond donors (Lipinski definition) is 1. The van der Waals surface area contributed by atoms with Gasteiger partial charge in [0.25, 0.3) is 0 Å². The van der Waals surface area contributed by atoms with Crippen LogP contribution in [0.3, 0.4) is 0 Å². The quantitative estimate of drug-likeness (QED) is 0.243. The second-order valence-corrected chi connectivity index (χ2v) is 14.6. The molecule has 0 aromatic heterocycles. The van der Waals surface area contributed by atoms with Crippen LogP contribution in [-0.2, 0) is 0 Å². The average molecular weight is 556 g/mol. The second-order valence-electron chi connectivity index (χ2n) is 10.2. The number of halogens is 2. The molecule has 0 radical (unpaired) electrons. The van der Waals surface area contributed by atoms with Crippen LogP contribution in [0.4, 0.5) is 10.1 Å². The largest absolute Gasteiger partial charge is 0.338 e. The van der Waals surface area contributed by atoms with Crippen LogP contribution in [0.1, 0.15) is 30.9 Å². The lowest BCUT2D eigenvalue weighted by Gasteiger charge is -2.46. The van der Waals surface area contributed by atoms with E-state index in [1.54, 1.807) is 6.08 Å². The minimum Gasteiger partial charge on any atom is -0.338 e. The molecule has 2 aliphatic heterocycles. The van der Waals surface area contributed by atoms with Gasteiger partial charge in [0.05, 0.1) is 5.02 Å². The number of likely N-dealkylation sites (N-methyl/N-ethyl adjacent to an activating group) is 1. The second kappa shape index (κ2) is 12.6. The number of aliphatic imine (C=N–C) groups is 2.